The van der Waals surface area contributed by atoms with Crippen molar-refractivity contribution in [2.24, 2.45) is 0 Å². The first-order chi connectivity index (χ1) is 8.60. The smallest absolute Gasteiger partial charge is 0.162 e. The molecule has 0 aliphatic rings. The minimum atomic E-state index is 0.374. The average Bonchev–Trinajstić information content (AvgIpc) is 2.32. The number of hydrogen-bond acceptors (Lipinski definition) is 3. The number of hydrogen-bond donors (Lipinski definition) is 0. The van der Waals surface area contributed by atoms with E-state index in [2.05, 4.69) is 25.9 Å². The lowest BCUT2D eigenvalue weighted by Crippen LogP contribution is -1.98. The molecular formula is C12H9BrCl2N2O. The fourth-order valence-corrected chi connectivity index (χ4v) is 2.28. The lowest BCUT2D eigenvalue weighted by Gasteiger charge is -2.07. The average molecular weight is 348 g/mol. The maximum atomic E-state index is 5.97. The quantitative estimate of drug-likeness (QED) is 0.774. The molecule has 3 nitrogen and oxygen atoms in total. The Bertz CT molecular complexity index is 578. The van der Waals surface area contributed by atoms with Crippen LogP contribution in [0.1, 0.15) is 5.69 Å². The van der Waals surface area contributed by atoms with Gasteiger partial charge in [0.2, 0.25) is 0 Å². The Balaban J connectivity index is 2.52. The largest absolute Gasteiger partial charge is 0.378 e. The monoisotopic (exact) mass is 346 g/mol. The molecule has 0 amide bonds. The van der Waals surface area contributed by atoms with Crippen LogP contribution in [0.2, 0.25) is 10.2 Å². The Morgan fingerprint density at radius 2 is 2.00 bits per heavy atom. The van der Waals surface area contributed by atoms with Crippen LogP contribution in [0.4, 0.5) is 0 Å². The Labute approximate surface area is 123 Å². The van der Waals surface area contributed by atoms with Crippen LogP contribution in [0.5, 0.6) is 0 Å². The van der Waals surface area contributed by atoms with Crippen LogP contribution in [0.25, 0.3) is 11.4 Å². The molecule has 6 heteroatoms. The van der Waals surface area contributed by atoms with Crippen molar-refractivity contribution in [3.05, 3.63) is 44.6 Å². The number of ether oxygens (including phenoxy) is 1. The zero-order valence-corrected chi connectivity index (χ0v) is 12.6. The highest BCUT2D eigenvalue weighted by Gasteiger charge is 2.10. The highest BCUT2D eigenvalue weighted by molar-refractivity contribution is 9.10. The molecule has 2 rings (SSSR count). The van der Waals surface area contributed by atoms with Crippen molar-refractivity contribution in [2.75, 3.05) is 7.11 Å². The predicted molar refractivity (Wildman–Crippen MR) is 75.9 cm³/mol. The van der Waals surface area contributed by atoms with Crippen molar-refractivity contribution in [1.29, 1.82) is 0 Å². The van der Waals surface area contributed by atoms with Crippen molar-refractivity contribution >= 4 is 39.1 Å². The van der Waals surface area contributed by atoms with E-state index in [1.807, 2.05) is 6.07 Å². The van der Waals surface area contributed by atoms with Gasteiger partial charge in [0, 0.05) is 22.2 Å². The van der Waals surface area contributed by atoms with Crippen LogP contribution in [-0.2, 0) is 11.3 Å². The van der Waals surface area contributed by atoms with E-state index in [0.717, 1.165) is 15.7 Å². The molecule has 1 heterocycles. The first kappa shape index (κ1) is 13.7. The molecule has 0 N–H and O–H groups in total. The Hall–Kier alpha value is -0.680. The fraction of sp³-hybridized carbons (Fsp3) is 0.167. The van der Waals surface area contributed by atoms with Crippen LogP contribution in [0.15, 0.2) is 28.7 Å². The third-order valence-electron chi connectivity index (χ3n) is 2.21. The Morgan fingerprint density at radius 3 is 2.72 bits per heavy atom. The van der Waals surface area contributed by atoms with Gasteiger partial charge in [0.25, 0.3) is 0 Å². The zero-order valence-electron chi connectivity index (χ0n) is 9.45. The van der Waals surface area contributed by atoms with Gasteiger partial charge < -0.3 is 4.74 Å². The molecule has 0 unspecified atom stereocenters. The molecular weight excluding hydrogens is 339 g/mol. The summed E-state index contributed by atoms with van der Waals surface area (Å²) in [5.41, 5.74) is 1.52. The molecule has 1 aromatic carbocycles. The standard InChI is InChI=1S/C12H9BrCl2N2O/c1-18-6-8-5-11(15)17-12(16-8)9-4-7(14)2-3-10(9)13/h2-5H,6H2,1H3. The maximum absolute atomic E-state index is 5.97. The third kappa shape index (κ3) is 3.20. The van der Waals surface area contributed by atoms with Gasteiger partial charge in [-0.05, 0) is 24.3 Å². The molecule has 94 valence electrons. The lowest BCUT2D eigenvalue weighted by molar-refractivity contribution is 0.181. The van der Waals surface area contributed by atoms with Gasteiger partial charge in [-0.3, -0.25) is 0 Å². The minimum Gasteiger partial charge on any atom is -0.378 e. The van der Waals surface area contributed by atoms with Crippen LogP contribution >= 0.6 is 39.1 Å². The van der Waals surface area contributed by atoms with Crippen LogP contribution < -0.4 is 0 Å². The molecule has 0 radical (unpaired) electrons. The zero-order chi connectivity index (χ0) is 13.1. The first-order valence-corrected chi connectivity index (χ1v) is 6.63. The van der Waals surface area contributed by atoms with Crippen molar-refractivity contribution in [2.45, 2.75) is 6.61 Å². The summed E-state index contributed by atoms with van der Waals surface area (Å²) >= 11 is 15.4. The first-order valence-electron chi connectivity index (χ1n) is 5.08. The van der Waals surface area contributed by atoms with E-state index >= 15 is 0 Å². The van der Waals surface area contributed by atoms with Gasteiger partial charge >= 0.3 is 0 Å². The van der Waals surface area contributed by atoms with Gasteiger partial charge in [-0.2, -0.15) is 0 Å². The minimum absolute atomic E-state index is 0.374. The van der Waals surface area contributed by atoms with Gasteiger partial charge in [0.15, 0.2) is 5.82 Å². The van der Waals surface area contributed by atoms with Gasteiger partial charge in [0.05, 0.1) is 12.3 Å². The molecule has 1 aromatic heterocycles. The van der Waals surface area contributed by atoms with E-state index in [0.29, 0.717) is 22.6 Å². The summed E-state index contributed by atoms with van der Waals surface area (Å²) in [6.45, 7) is 0.382. The molecule has 2 aromatic rings. The van der Waals surface area contributed by atoms with Gasteiger partial charge in [0.1, 0.15) is 5.15 Å². The lowest BCUT2D eigenvalue weighted by atomic mass is 10.2. The molecule has 18 heavy (non-hydrogen) atoms. The molecule has 0 aliphatic carbocycles. The summed E-state index contributed by atoms with van der Waals surface area (Å²) in [7, 11) is 1.60. The molecule has 0 spiro atoms. The number of nitrogens with zero attached hydrogens (tertiary/aromatic N) is 2. The van der Waals surface area contributed by atoms with E-state index in [-0.39, 0.29) is 0 Å². The second-order valence-electron chi connectivity index (χ2n) is 3.56. The topological polar surface area (TPSA) is 35.0 Å². The summed E-state index contributed by atoms with van der Waals surface area (Å²) in [6, 6.07) is 7.09. The molecule has 0 saturated carbocycles. The van der Waals surface area contributed by atoms with Crippen LogP contribution in [-0.4, -0.2) is 17.1 Å². The van der Waals surface area contributed by atoms with Gasteiger partial charge in [-0.15, -0.1) is 0 Å². The van der Waals surface area contributed by atoms with Crippen LogP contribution in [0.3, 0.4) is 0 Å². The summed E-state index contributed by atoms with van der Waals surface area (Å²) in [5, 5.41) is 0.990. The van der Waals surface area contributed by atoms with E-state index in [1.54, 1.807) is 25.3 Å². The van der Waals surface area contributed by atoms with Gasteiger partial charge in [-0.25, -0.2) is 9.97 Å². The number of benzene rings is 1. The number of methoxy groups -OCH3 is 1. The van der Waals surface area contributed by atoms with Crippen molar-refractivity contribution < 1.29 is 4.74 Å². The van der Waals surface area contributed by atoms with E-state index < -0.39 is 0 Å². The summed E-state index contributed by atoms with van der Waals surface area (Å²) in [6.07, 6.45) is 0. The predicted octanol–water partition coefficient (Wildman–Crippen LogP) is 4.36. The maximum Gasteiger partial charge on any atom is 0.162 e. The molecule has 0 aliphatic heterocycles. The van der Waals surface area contributed by atoms with Crippen molar-refractivity contribution in [3.63, 3.8) is 0 Å². The number of aromatic nitrogens is 2. The summed E-state index contributed by atoms with van der Waals surface area (Å²) in [4.78, 5) is 8.58. The summed E-state index contributed by atoms with van der Waals surface area (Å²) < 4.78 is 5.90. The third-order valence-corrected chi connectivity index (χ3v) is 3.33. The molecule has 0 atom stereocenters. The SMILES string of the molecule is COCc1cc(Cl)nc(-c2cc(Cl)ccc2Br)n1. The second kappa shape index (κ2) is 5.97. The number of rotatable bonds is 3. The van der Waals surface area contributed by atoms with E-state index in [1.165, 1.54) is 0 Å². The second-order valence-corrected chi connectivity index (χ2v) is 5.24. The number of halogens is 3. The Morgan fingerprint density at radius 1 is 1.22 bits per heavy atom. The van der Waals surface area contributed by atoms with Crippen molar-refractivity contribution in [1.82, 2.24) is 9.97 Å². The van der Waals surface area contributed by atoms with E-state index in [4.69, 9.17) is 27.9 Å². The van der Waals surface area contributed by atoms with E-state index in [9.17, 15) is 0 Å². The summed E-state index contributed by atoms with van der Waals surface area (Å²) in [5.74, 6) is 0.518. The normalized spacial score (nSPS) is 10.7. The van der Waals surface area contributed by atoms with Gasteiger partial charge in [-0.1, -0.05) is 39.1 Å². The molecule has 0 saturated heterocycles. The molecule has 0 fully saturated rings. The van der Waals surface area contributed by atoms with Crippen molar-refractivity contribution in [3.8, 4) is 11.4 Å². The molecule has 0 bridgehead atoms. The highest BCUT2D eigenvalue weighted by Crippen LogP contribution is 2.29. The van der Waals surface area contributed by atoms with Crippen LogP contribution in [0, 0.1) is 0 Å². The Kier molecular flexibility index (Phi) is 4.56. The fourth-order valence-electron chi connectivity index (χ4n) is 1.48. The highest BCUT2D eigenvalue weighted by atomic mass is 79.9.